The second kappa shape index (κ2) is 3.83. The second-order valence-electron chi connectivity index (χ2n) is 2.87. The standard InChI is InChI=1S/C12H10N2/c1-2-12-13-9-8-11(14-12)10-6-4-3-5-7-10/h2-9H,1H2. The van der Waals surface area contributed by atoms with Gasteiger partial charge in [0, 0.05) is 11.8 Å². The van der Waals surface area contributed by atoms with Crippen LogP contribution in [0.3, 0.4) is 0 Å². The zero-order chi connectivity index (χ0) is 9.80. The van der Waals surface area contributed by atoms with Gasteiger partial charge in [-0.1, -0.05) is 36.9 Å². The van der Waals surface area contributed by atoms with Crippen LogP contribution in [0.5, 0.6) is 0 Å². The summed E-state index contributed by atoms with van der Waals surface area (Å²) < 4.78 is 0. The van der Waals surface area contributed by atoms with Crippen LogP contribution in [0.4, 0.5) is 0 Å². The molecule has 0 aliphatic rings. The fraction of sp³-hybridized carbons (Fsp3) is 0. The minimum absolute atomic E-state index is 0.659. The highest BCUT2D eigenvalue weighted by Gasteiger charge is 1.98. The summed E-state index contributed by atoms with van der Waals surface area (Å²) in [4.78, 5) is 8.39. The van der Waals surface area contributed by atoms with Gasteiger partial charge in [0.05, 0.1) is 5.69 Å². The van der Waals surface area contributed by atoms with Crippen LogP contribution in [-0.4, -0.2) is 9.97 Å². The summed E-state index contributed by atoms with van der Waals surface area (Å²) in [6.45, 7) is 3.64. The van der Waals surface area contributed by atoms with E-state index in [1.807, 2.05) is 36.4 Å². The Labute approximate surface area is 83.0 Å². The van der Waals surface area contributed by atoms with Crippen LogP contribution in [0, 0.1) is 0 Å². The average molecular weight is 182 g/mol. The number of hydrogen-bond donors (Lipinski definition) is 0. The zero-order valence-corrected chi connectivity index (χ0v) is 7.72. The molecule has 0 amide bonds. The molecule has 0 fully saturated rings. The van der Waals surface area contributed by atoms with Crippen molar-refractivity contribution in [3.63, 3.8) is 0 Å². The second-order valence-corrected chi connectivity index (χ2v) is 2.87. The van der Waals surface area contributed by atoms with Crippen molar-refractivity contribution >= 4 is 6.08 Å². The molecular formula is C12H10N2. The zero-order valence-electron chi connectivity index (χ0n) is 7.72. The predicted octanol–water partition coefficient (Wildman–Crippen LogP) is 2.79. The van der Waals surface area contributed by atoms with Gasteiger partial charge >= 0.3 is 0 Å². The van der Waals surface area contributed by atoms with Crippen molar-refractivity contribution in [3.8, 4) is 11.3 Å². The molecule has 68 valence electrons. The Hall–Kier alpha value is -1.96. The van der Waals surface area contributed by atoms with Crippen molar-refractivity contribution in [2.75, 3.05) is 0 Å². The maximum absolute atomic E-state index is 4.33. The average Bonchev–Trinajstić information content (AvgIpc) is 2.30. The Balaban J connectivity index is 2.47. The van der Waals surface area contributed by atoms with Crippen molar-refractivity contribution in [1.29, 1.82) is 0 Å². The first kappa shape index (κ1) is 8.63. The van der Waals surface area contributed by atoms with Gasteiger partial charge in [-0.25, -0.2) is 9.97 Å². The van der Waals surface area contributed by atoms with Gasteiger partial charge in [0.1, 0.15) is 0 Å². The Morgan fingerprint density at radius 2 is 1.86 bits per heavy atom. The molecule has 0 aliphatic carbocycles. The number of rotatable bonds is 2. The van der Waals surface area contributed by atoms with Crippen LogP contribution in [-0.2, 0) is 0 Å². The fourth-order valence-corrected chi connectivity index (χ4v) is 1.24. The summed E-state index contributed by atoms with van der Waals surface area (Å²) in [5, 5.41) is 0. The molecule has 1 aromatic heterocycles. The Kier molecular flexibility index (Phi) is 2.36. The third-order valence-electron chi connectivity index (χ3n) is 1.93. The van der Waals surface area contributed by atoms with Gasteiger partial charge in [0.2, 0.25) is 0 Å². The molecule has 0 saturated heterocycles. The molecular weight excluding hydrogens is 172 g/mol. The largest absolute Gasteiger partial charge is 0.237 e. The molecule has 0 unspecified atom stereocenters. The van der Waals surface area contributed by atoms with Crippen molar-refractivity contribution in [2.24, 2.45) is 0 Å². The first-order chi connectivity index (χ1) is 6.90. The minimum atomic E-state index is 0.659. The summed E-state index contributed by atoms with van der Waals surface area (Å²) in [6.07, 6.45) is 3.39. The van der Waals surface area contributed by atoms with Crippen LogP contribution in [0.15, 0.2) is 49.2 Å². The van der Waals surface area contributed by atoms with Gasteiger partial charge < -0.3 is 0 Å². The van der Waals surface area contributed by atoms with E-state index in [2.05, 4.69) is 16.5 Å². The third kappa shape index (κ3) is 1.69. The van der Waals surface area contributed by atoms with Crippen molar-refractivity contribution in [2.45, 2.75) is 0 Å². The molecule has 0 saturated carbocycles. The lowest BCUT2D eigenvalue weighted by Gasteiger charge is -2.00. The van der Waals surface area contributed by atoms with Gasteiger partial charge in [-0.05, 0) is 12.1 Å². The molecule has 0 bridgehead atoms. The monoisotopic (exact) mass is 182 g/mol. The fourth-order valence-electron chi connectivity index (χ4n) is 1.24. The van der Waals surface area contributed by atoms with Crippen molar-refractivity contribution < 1.29 is 0 Å². The Morgan fingerprint density at radius 1 is 1.07 bits per heavy atom. The molecule has 2 aromatic rings. The molecule has 1 aromatic carbocycles. The molecule has 14 heavy (non-hydrogen) atoms. The van der Waals surface area contributed by atoms with Crippen molar-refractivity contribution in [1.82, 2.24) is 9.97 Å². The number of benzene rings is 1. The number of hydrogen-bond acceptors (Lipinski definition) is 2. The van der Waals surface area contributed by atoms with E-state index in [4.69, 9.17) is 0 Å². The van der Waals surface area contributed by atoms with Crippen molar-refractivity contribution in [3.05, 3.63) is 55.0 Å². The molecule has 0 spiro atoms. The van der Waals surface area contributed by atoms with E-state index < -0.39 is 0 Å². The van der Waals surface area contributed by atoms with Gasteiger partial charge in [0.25, 0.3) is 0 Å². The lowest BCUT2D eigenvalue weighted by Crippen LogP contribution is -1.89. The molecule has 1 heterocycles. The van der Waals surface area contributed by atoms with Crippen LogP contribution in [0.25, 0.3) is 17.3 Å². The highest BCUT2D eigenvalue weighted by Crippen LogP contribution is 2.15. The number of aromatic nitrogens is 2. The summed E-state index contributed by atoms with van der Waals surface area (Å²) >= 11 is 0. The molecule has 0 aliphatic heterocycles. The van der Waals surface area contributed by atoms with Gasteiger partial charge in [0.15, 0.2) is 5.82 Å². The smallest absolute Gasteiger partial charge is 0.151 e. The molecule has 0 N–H and O–H groups in total. The highest BCUT2D eigenvalue weighted by atomic mass is 14.9. The maximum atomic E-state index is 4.33. The quantitative estimate of drug-likeness (QED) is 0.713. The molecule has 0 atom stereocenters. The SMILES string of the molecule is C=Cc1nccc(-c2ccccc2)n1. The number of nitrogens with zero attached hydrogens (tertiary/aromatic N) is 2. The molecule has 0 radical (unpaired) electrons. The van der Waals surface area contributed by atoms with Gasteiger partial charge in [-0.2, -0.15) is 0 Å². The van der Waals surface area contributed by atoms with Gasteiger partial charge in [-0.3, -0.25) is 0 Å². The Bertz CT molecular complexity index is 435. The van der Waals surface area contributed by atoms with Gasteiger partial charge in [-0.15, -0.1) is 0 Å². The maximum Gasteiger partial charge on any atom is 0.151 e. The summed E-state index contributed by atoms with van der Waals surface area (Å²) in [5.74, 6) is 0.659. The molecule has 2 nitrogen and oxygen atoms in total. The minimum Gasteiger partial charge on any atom is -0.237 e. The van der Waals surface area contributed by atoms with Crippen LogP contribution < -0.4 is 0 Å². The molecule has 2 heteroatoms. The van der Waals surface area contributed by atoms with Crippen LogP contribution in [0.2, 0.25) is 0 Å². The lowest BCUT2D eigenvalue weighted by atomic mass is 10.1. The van der Waals surface area contributed by atoms with E-state index in [1.54, 1.807) is 12.3 Å². The van der Waals surface area contributed by atoms with E-state index in [-0.39, 0.29) is 0 Å². The first-order valence-corrected chi connectivity index (χ1v) is 4.41. The van der Waals surface area contributed by atoms with E-state index >= 15 is 0 Å². The highest BCUT2D eigenvalue weighted by molar-refractivity contribution is 5.59. The predicted molar refractivity (Wildman–Crippen MR) is 57.6 cm³/mol. The normalized spacial score (nSPS) is 9.71. The summed E-state index contributed by atoms with van der Waals surface area (Å²) in [5.41, 5.74) is 2.02. The first-order valence-electron chi connectivity index (χ1n) is 4.41. The van der Waals surface area contributed by atoms with Crippen LogP contribution >= 0.6 is 0 Å². The summed E-state index contributed by atoms with van der Waals surface area (Å²) in [6, 6.07) is 11.9. The third-order valence-corrected chi connectivity index (χ3v) is 1.93. The van der Waals surface area contributed by atoms with E-state index in [0.29, 0.717) is 5.82 Å². The van der Waals surface area contributed by atoms with E-state index in [0.717, 1.165) is 11.3 Å². The van der Waals surface area contributed by atoms with Crippen LogP contribution in [0.1, 0.15) is 5.82 Å². The lowest BCUT2D eigenvalue weighted by molar-refractivity contribution is 1.14. The van der Waals surface area contributed by atoms with E-state index in [9.17, 15) is 0 Å². The topological polar surface area (TPSA) is 25.8 Å². The van der Waals surface area contributed by atoms with E-state index in [1.165, 1.54) is 0 Å². The Morgan fingerprint density at radius 3 is 2.57 bits per heavy atom. The summed E-state index contributed by atoms with van der Waals surface area (Å²) in [7, 11) is 0. The molecule has 2 rings (SSSR count).